The van der Waals surface area contributed by atoms with E-state index in [-0.39, 0.29) is 31.8 Å². The summed E-state index contributed by atoms with van der Waals surface area (Å²) < 4.78 is 0. The molecule has 0 aromatic rings. The van der Waals surface area contributed by atoms with Gasteiger partial charge in [-0.25, -0.2) is 0 Å². The molecule has 0 rings (SSSR count). The maximum absolute atomic E-state index is 9.60. The molecule has 0 radical (unpaired) electrons. The zero-order valence-electron chi connectivity index (χ0n) is 9.82. The Balaban J connectivity index is -0.000000218. The molecule has 0 spiro atoms. The Morgan fingerprint density at radius 3 is 1.06 bits per heavy atom. The van der Waals surface area contributed by atoms with Gasteiger partial charge >= 0.3 is 20.4 Å². The van der Waals surface area contributed by atoms with Gasteiger partial charge in [-0.15, -0.1) is 0 Å². The van der Waals surface area contributed by atoms with E-state index in [4.69, 9.17) is 10.4 Å². The summed E-state index contributed by atoms with van der Waals surface area (Å²) in [7, 11) is 0. The topological polar surface area (TPSA) is 136 Å². The Kier molecular flexibility index (Phi) is 15.5. The van der Waals surface area contributed by atoms with E-state index in [9.17, 15) is 10.4 Å². The predicted molar refractivity (Wildman–Crippen MR) is 62.7 cm³/mol. The van der Waals surface area contributed by atoms with E-state index in [0.717, 1.165) is 0 Å². The van der Waals surface area contributed by atoms with Crippen LogP contribution >= 0.6 is 0 Å². The first-order valence-corrected chi connectivity index (χ1v) is 4.16. The van der Waals surface area contributed by atoms with Crippen LogP contribution in [-0.4, -0.2) is 33.3 Å². The number of hydrogen-bond donors (Lipinski definition) is 2. The smallest absolute Gasteiger partial charge is 0.792 e. The molecule has 0 saturated carbocycles. The summed E-state index contributed by atoms with van der Waals surface area (Å²) in [5, 5.41) is 45.8. The Morgan fingerprint density at radius 2 is 0.941 bits per heavy atom. The molecule has 0 heterocycles. The molecule has 0 atom stereocenters. The molecule has 100 valence electrons. The first-order valence-electron chi connectivity index (χ1n) is 4.16. The van der Waals surface area contributed by atoms with Crippen molar-refractivity contribution in [2.75, 3.05) is 0 Å². The van der Waals surface area contributed by atoms with Crippen LogP contribution in [0.4, 0.5) is 0 Å². The second-order valence-corrected chi connectivity index (χ2v) is 2.72. The molecule has 9 heteroatoms. The van der Waals surface area contributed by atoms with Crippen LogP contribution in [0.3, 0.4) is 0 Å². The van der Waals surface area contributed by atoms with E-state index < -0.39 is 0 Å². The fourth-order valence-corrected chi connectivity index (χ4v) is 0.277. The number of hydrogen-bond acceptors (Lipinski definition) is 8. The molecule has 2 N–H and O–H groups in total. The fraction of sp³-hybridized carbons (Fsp3) is 0.500. The number of nitrogens with zero attached hydrogens (tertiary/aromatic N) is 4. The Labute approximate surface area is 113 Å². The van der Waals surface area contributed by atoms with E-state index in [2.05, 4.69) is 20.6 Å². The third kappa shape index (κ3) is 10.8. The Hall–Kier alpha value is -1.46. The fourth-order valence-electron chi connectivity index (χ4n) is 0.277. The first kappa shape index (κ1) is 20.9. The van der Waals surface area contributed by atoms with Crippen LogP contribution in [-0.2, 0) is 20.4 Å². The third-order valence-corrected chi connectivity index (χ3v) is 1.62. The summed E-state index contributed by atoms with van der Waals surface area (Å²) >= 11 is 0. The number of oxime groups is 2. The molecule has 0 aromatic heterocycles. The molecule has 0 bridgehead atoms. The van der Waals surface area contributed by atoms with Crippen LogP contribution in [0.5, 0.6) is 0 Å². The van der Waals surface area contributed by atoms with Crippen molar-refractivity contribution in [3.05, 3.63) is 10.4 Å². The Bertz CT molecular complexity index is 261. The van der Waals surface area contributed by atoms with Crippen molar-refractivity contribution < 1.29 is 30.8 Å². The molecular weight excluding hydrogens is 323 g/mol. The van der Waals surface area contributed by atoms with Gasteiger partial charge in [0.25, 0.3) is 0 Å². The van der Waals surface area contributed by atoms with Gasteiger partial charge in [0.1, 0.15) is 11.4 Å². The van der Waals surface area contributed by atoms with Gasteiger partial charge in [-0.1, -0.05) is 10.3 Å². The van der Waals surface area contributed by atoms with Gasteiger partial charge in [0, 0.05) is 11.4 Å². The maximum Gasteiger partial charge on any atom is 2.00 e. The quantitative estimate of drug-likeness (QED) is 0.342. The third-order valence-electron chi connectivity index (χ3n) is 1.62. The molecule has 0 aliphatic rings. The van der Waals surface area contributed by atoms with E-state index in [1.165, 1.54) is 27.7 Å². The predicted octanol–water partition coefficient (Wildman–Crippen LogP) is 1.59. The summed E-state index contributed by atoms with van der Waals surface area (Å²) in [6, 6.07) is 0. The summed E-state index contributed by atoms with van der Waals surface area (Å²) in [5.74, 6) is 0. The summed E-state index contributed by atoms with van der Waals surface area (Å²) in [4.78, 5) is 0. The second kappa shape index (κ2) is 12.6. The van der Waals surface area contributed by atoms with Crippen LogP contribution in [0.1, 0.15) is 27.7 Å². The van der Waals surface area contributed by atoms with E-state index in [0.29, 0.717) is 11.4 Å². The molecule has 0 aromatic carbocycles. The summed E-state index contributed by atoms with van der Waals surface area (Å²) in [6.07, 6.45) is 0. The van der Waals surface area contributed by atoms with Crippen LogP contribution in [0.15, 0.2) is 20.6 Å². The average Bonchev–Trinajstić information content (AvgIpc) is 2.35. The van der Waals surface area contributed by atoms with Crippen LogP contribution < -0.4 is 0 Å². The van der Waals surface area contributed by atoms with Gasteiger partial charge in [-0.3, -0.25) is 0 Å². The maximum atomic E-state index is 9.60. The molecule has 17 heavy (non-hydrogen) atoms. The first-order chi connectivity index (χ1) is 7.44. The van der Waals surface area contributed by atoms with Crippen molar-refractivity contribution in [3.8, 4) is 0 Å². The summed E-state index contributed by atoms with van der Waals surface area (Å²) in [6.45, 7) is 5.94. The molecule has 8 nitrogen and oxygen atoms in total. The van der Waals surface area contributed by atoms with Crippen LogP contribution in [0.2, 0.25) is 0 Å². The second-order valence-electron chi connectivity index (χ2n) is 2.72. The molecule has 0 aliphatic carbocycles. The monoisotopic (exact) mass is 336 g/mol. The van der Waals surface area contributed by atoms with E-state index >= 15 is 0 Å². The van der Waals surface area contributed by atoms with Crippen LogP contribution in [0, 0.1) is 10.4 Å². The van der Waals surface area contributed by atoms with Gasteiger partial charge < -0.3 is 31.1 Å². The molecule has 0 saturated heterocycles. The average molecular weight is 337 g/mol. The minimum atomic E-state index is 0. The van der Waals surface area contributed by atoms with Crippen molar-refractivity contribution in [1.82, 2.24) is 0 Å². The van der Waals surface area contributed by atoms with Crippen molar-refractivity contribution in [2.24, 2.45) is 20.6 Å². The van der Waals surface area contributed by atoms with Crippen molar-refractivity contribution in [1.29, 1.82) is 0 Å². The molecule has 0 unspecified atom stereocenters. The van der Waals surface area contributed by atoms with Gasteiger partial charge in [0.2, 0.25) is 0 Å². The van der Waals surface area contributed by atoms with Crippen molar-refractivity contribution in [2.45, 2.75) is 27.7 Å². The normalized spacial score (nSPS) is 13.4. The molecule has 0 amide bonds. The van der Waals surface area contributed by atoms with Crippen LogP contribution in [0.25, 0.3) is 0 Å². The minimum absolute atomic E-state index is 0. The largest absolute Gasteiger partial charge is 2.00 e. The zero-order valence-corrected chi connectivity index (χ0v) is 11.4. The minimum Gasteiger partial charge on any atom is -0.792 e. The zero-order chi connectivity index (χ0) is 13.1. The standard InChI is InChI=1S/2C4H8N2O2.Pd/c2*1-3(5-7)4(2)6-8;/h2*7-8H,1-2H3;/q;;+2/p-2/b2*5-3-,6-4-;. The van der Waals surface area contributed by atoms with Gasteiger partial charge in [-0.2, -0.15) is 0 Å². The van der Waals surface area contributed by atoms with Crippen molar-refractivity contribution in [3.63, 3.8) is 0 Å². The van der Waals surface area contributed by atoms with Gasteiger partial charge in [0.05, 0.1) is 0 Å². The summed E-state index contributed by atoms with van der Waals surface area (Å²) in [5.41, 5.74) is 0.903. The number of rotatable bonds is 2. The van der Waals surface area contributed by atoms with Gasteiger partial charge in [0.15, 0.2) is 0 Å². The van der Waals surface area contributed by atoms with E-state index in [1.807, 2.05) is 0 Å². The SMILES string of the molecule is CC(=N/O)/C(C)=N\O.CC(=N/[O-])/C(C)=N\[O-].[Pd+2]. The molecule has 0 aliphatic heterocycles. The molecule has 0 fully saturated rings. The van der Waals surface area contributed by atoms with Crippen molar-refractivity contribution >= 4 is 22.8 Å². The Morgan fingerprint density at radius 1 is 0.706 bits per heavy atom. The van der Waals surface area contributed by atoms with Gasteiger partial charge in [-0.05, 0) is 27.7 Å². The van der Waals surface area contributed by atoms with E-state index in [1.54, 1.807) is 0 Å². The molecular formula is C8H14N4O4Pd.